The SMILES string of the molecule is Cc1ccc(-c2ccc(C(=O)N3CCC(N)C(C)(C)C3)c(F)c2)cc1.Cl. The molecule has 2 aromatic rings. The second-order valence-electron chi connectivity index (χ2n) is 7.67. The summed E-state index contributed by atoms with van der Waals surface area (Å²) in [6.45, 7) is 7.23. The molecule has 0 radical (unpaired) electrons. The molecular formula is C21H26ClFN2O. The Morgan fingerprint density at radius 3 is 2.35 bits per heavy atom. The van der Waals surface area contributed by atoms with Crippen molar-refractivity contribution in [1.29, 1.82) is 0 Å². The summed E-state index contributed by atoms with van der Waals surface area (Å²) in [4.78, 5) is 14.5. The summed E-state index contributed by atoms with van der Waals surface area (Å²) < 4.78 is 14.6. The van der Waals surface area contributed by atoms with E-state index in [9.17, 15) is 9.18 Å². The molecule has 5 heteroatoms. The molecule has 1 amide bonds. The fraction of sp³-hybridized carbons (Fsp3) is 0.381. The summed E-state index contributed by atoms with van der Waals surface area (Å²) in [5.41, 5.74) is 8.96. The van der Waals surface area contributed by atoms with E-state index in [0.717, 1.165) is 23.1 Å². The number of rotatable bonds is 2. The number of hydrogen-bond acceptors (Lipinski definition) is 2. The second-order valence-corrected chi connectivity index (χ2v) is 7.67. The molecule has 1 aliphatic rings. The van der Waals surface area contributed by atoms with E-state index in [2.05, 4.69) is 0 Å². The van der Waals surface area contributed by atoms with Gasteiger partial charge < -0.3 is 10.6 Å². The van der Waals surface area contributed by atoms with Crippen molar-refractivity contribution in [3.8, 4) is 11.1 Å². The second kappa shape index (κ2) is 7.77. The van der Waals surface area contributed by atoms with Crippen molar-refractivity contribution in [2.45, 2.75) is 33.2 Å². The molecule has 0 aromatic heterocycles. The maximum absolute atomic E-state index is 14.6. The summed E-state index contributed by atoms with van der Waals surface area (Å²) in [5, 5.41) is 0. The van der Waals surface area contributed by atoms with Crippen LogP contribution in [0.25, 0.3) is 11.1 Å². The van der Waals surface area contributed by atoms with Gasteiger partial charge in [-0.2, -0.15) is 0 Å². The Labute approximate surface area is 160 Å². The first-order valence-electron chi connectivity index (χ1n) is 8.69. The van der Waals surface area contributed by atoms with Crippen LogP contribution in [0.4, 0.5) is 4.39 Å². The molecule has 3 nitrogen and oxygen atoms in total. The Morgan fingerprint density at radius 1 is 1.15 bits per heavy atom. The highest BCUT2D eigenvalue weighted by atomic mass is 35.5. The van der Waals surface area contributed by atoms with Gasteiger partial charge in [-0.05, 0) is 42.0 Å². The van der Waals surface area contributed by atoms with Gasteiger partial charge in [-0.15, -0.1) is 12.4 Å². The lowest BCUT2D eigenvalue weighted by Crippen LogP contribution is -2.54. The van der Waals surface area contributed by atoms with E-state index in [0.29, 0.717) is 13.1 Å². The van der Waals surface area contributed by atoms with Crippen molar-refractivity contribution < 1.29 is 9.18 Å². The molecule has 0 saturated carbocycles. The lowest BCUT2D eigenvalue weighted by atomic mass is 9.79. The number of aryl methyl sites for hydroxylation is 1. The summed E-state index contributed by atoms with van der Waals surface area (Å²) in [7, 11) is 0. The van der Waals surface area contributed by atoms with E-state index in [4.69, 9.17) is 5.73 Å². The molecule has 2 N–H and O–H groups in total. The Bertz CT molecular complexity index is 789. The van der Waals surface area contributed by atoms with Crippen LogP contribution in [0.3, 0.4) is 0 Å². The van der Waals surface area contributed by atoms with Crippen molar-refractivity contribution in [3.63, 3.8) is 0 Å². The number of likely N-dealkylation sites (tertiary alicyclic amines) is 1. The molecule has 2 aromatic carbocycles. The Hall–Kier alpha value is -1.91. The van der Waals surface area contributed by atoms with E-state index < -0.39 is 5.82 Å². The van der Waals surface area contributed by atoms with Crippen molar-refractivity contribution >= 4 is 18.3 Å². The standard InChI is InChI=1S/C21H25FN2O.ClH/c1-14-4-6-15(7-5-14)16-8-9-17(18(22)12-16)20(25)24-11-10-19(23)21(2,3)13-24;/h4-9,12,19H,10-11,13,23H2,1-3H3;1H. The number of nitrogens with zero attached hydrogens (tertiary/aromatic N) is 1. The first kappa shape index (κ1) is 20.4. The van der Waals surface area contributed by atoms with E-state index in [1.807, 2.05) is 51.1 Å². The number of piperidine rings is 1. The molecule has 140 valence electrons. The highest BCUT2D eigenvalue weighted by Crippen LogP contribution is 2.29. The maximum atomic E-state index is 14.6. The minimum Gasteiger partial charge on any atom is -0.338 e. The minimum absolute atomic E-state index is 0. The normalized spacial score (nSPS) is 19.0. The number of nitrogens with two attached hydrogens (primary N) is 1. The van der Waals surface area contributed by atoms with Gasteiger partial charge in [0.25, 0.3) is 5.91 Å². The van der Waals surface area contributed by atoms with Crippen molar-refractivity contribution in [2.75, 3.05) is 13.1 Å². The number of benzene rings is 2. The molecule has 1 aliphatic heterocycles. The van der Waals surface area contributed by atoms with Gasteiger partial charge in [-0.25, -0.2) is 4.39 Å². The molecule has 1 fully saturated rings. The Morgan fingerprint density at radius 2 is 1.77 bits per heavy atom. The monoisotopic (exact) mass is 376 g/mol. The molecule has 1 atom stereocenters. The number of carbonyl (C=O) groups excluding carboxylic acids is 1. The lowest BCUT2D eigenvalue weighted by Gasteiger charge is -2.42. The van der Waals surface area contributed by atoms with Crippen LogP contribution in [0.2, 0.25) is 0 Å². The lowest BCUT2D eigenvalue weighted by molar-refractivity contribution is 0.0528. The van der Waals surface area contributed by atoms with Gasteiger partial charge in [0.2, 0.25) is 0 Å². The fourth-order valence-corrected chi connectivity index (χ4v) is 3.33. The first-order chi connectivity index (χ1) is 11.8. The van der Waals surface area contributed by atoms with Crippen LogP contribution < -0.4 is 5.73 Å². The topological polar surface area (TPSA) is 46.3 Å². The van der Waals surface area contributed by atoms with Crippen LogP contribution in [0.15, 0.2) is 42.5 Å². The summed E-state index contributed by atoms with van der Waals surface area (Å²) in [5.74, 6) is -0.733. The first-order valence-corrected chi connectivity index (χ1v) is 8.69. The van der Waals surface area contributed by atoms with Gasteiger partial charge in [0.05, 0.1) is 5.56 Å². The predicted octanol–water partition coefficient (Wildman–Crippen LogP) is 4.42. The molecule has 26 heavy (non-hydrogen) atoms. The Balaban J connectivity index is 0.00000243. The van der Waals surface area contributed by atoms with E-state index in [-0.39, 0.29) is 35.3 Å². The zero-order chi connectivity index (χ0) is 18.2. The summed E-state index contributed by atoms with van der Waals surface area (Å²) >= 11 is 0. The zero-order valence-electron chi connectivity index (χ0n) is 15.5. The molecule has 0 aliphatic carbocycles. The summed E-state index contributed by atoms with van der Waals surface area (Å²) in [6, 6.07) is 12.8. The van der Waals surface area contributed by atoms with Gasteiger partial charge in [-0.3, -0.25) is 4.79 Å². The average Bonchev–Trinajstić information content (AvgIpc) is 2.57. The Kier molecular flexibility index (Phi) is 6.09. The minimum atomic E-state index is -0.476. The number of hydrogen-bond donors (Lipinski definition) is 1. The molecule has 0 bridgehead atoms. The average molecular weight is 377 g/mol. The smallest absolute Gasteiger partial charge is 0.256 e. The van der Waals surface area contributed by atoms with Gasteiger partial charge in [0, 0.05) is 19.1 Å². The molecular weight excluding hydrogens is 351 g/mol. The third kappa shape index (κ3) is 4.08. The maximum Gasteiger partial charge on any atom is 0.256 e. The van der Waals surface area contributed by atoms with E-state index in [1.54, 1.807) is 11.0 Å². The van der Waals surface area contributed by atoms with Gasteiger partial charge in [0.15, 0.2) is 0 Å². The van der Waals surface area contributed by atoms with Gasteiger partial charge in [-0.1, -0.05) is 49.7 Å². The third-order valence-corrected chi connectivity index (χ3v) is 5.18. The van der Waals surface area contributed by atoms with Crippen LogP contribution in [0, 0.1) is 18.2 Å². The zero-order valence-corrected chi connectivity index (χ0v) is 16.3. The molecule has 0 spiro atoms. The third-order valence-electron chi connectivity index (χ3n) is 5.18. The highest BCUT2D eigenvalue weighted by Gasteiger charge is 2.36. The molecule has 1 unspecified atom stereocenters. The molecule has 3 rings (SSSR count). The van der Waals surface area contributed by atoms with Crippen molar-refractivity contribution in [1.82, 2.24) is 4.90 Å². The van der Waals surface area contributed by atoms with Gasteiger partial charge in [0.1, 0.15) is 5.82 Å². The van der Waals surface area contributed by atoms with Crippen LogP contribution in [0.5, 0.6) is 0 Å². The quantitative estimate of drug-likeness (QED) is 0.843. The molecule has 1 saturated heterocycles. The number of amides is 1. The van der Waals surface area contributed by atoms with Crippen molar-refractivity contribution in [2.24, 2.45) is 11.1 Å². The van der Waals surface area contributed by atoms with E-state index >= 15 is 0 Å². The van der Waals surface area contributed by atoms with Gasteiger partial charge >= 0.3 is 0 Å². The molecule has 1 heterocycles. The predicted molar refractivity (Wildman–Crippen MR) is 106 cm³/mol. The van der Waals surface area contributed by atoms with Crippen LogP contribution in [0.1, 0.15) is 36.2 Å². The largest absolute Gasteiger partial charge is 0.338 e. The van der Waals surface area contributed by atoms with Crippen LogP contribution >= 0.6 is 12.4 Å². The highest BCUT2D eigenvalue weighted by molar-refractivity contribution is 5.95. The fourth-order valence-electron chi connectivity index (χ4n) is 3.33. The number of halogens is 2. The van der Waals surface area contributed by atoms with Crippen LogP contribution in [-0.4, -0.2) is 29.9 Å². The summed E-state index contributed by atoms with van der Waals surface area (Å²) in [6.07, 6.45) is 0.738. The van der Waals surface area contributed by atoms with Crippen molar-refractivity contribution in [3.05, 3.63) is 59.4 Å². The number of carbonyl (C=O) groups is 1. The van der Waals surface area contributed by atoms with Crippen LogP contribution in [-0.2, 0) is 0 Å². The van der Waals surface area contributed by atoms with E-state index in [1.165, 1.54) is 6.07 Å².